The van der Waals surface area contributed by atoms with Gasteiger partial charge in [0.1, 0.15) is 0 Å². The minimum atomic E-state index is -0.716. The molecule has 0 saturated carbocycles. The molecule has 0 fully saturated rings. The van der Waals surface area contributed by atoms with Crippen molar-refractivity contribution in [2.45, 2.75) is 13.8 Å². The molecule has 1 amide bonds. The number of carbonyl (C=O) groups is 1. The molecule has 6 heteroatoms. The average Bonchev–Trinajstić information content (AvgIpc) is 2.40. The molecule has 0 bridgehead atoms. The summed E-state index contributed by atoms with van der Waals surface area (Å²) < 4.78 is 13.3. The van der Waals surface area contributed by atoms with E-state index >= 15 is 0 Å². The standard InChI is InChI=1S/C15H13Cl2FN2O/c1-7-3-8(2)13(19)6-10(7)15(21)20-9-4-11(16)14(18)12(17)5-9/h3-6H,19H2,1-2H3,(H,20,21). The van der Waals surface area contributed by atoms with Gasteiger partial charge in [-0.05, 0) is 43.2 Å². The predicted octanol–water partition coefficient (Wildman–Crippen LogP) is 4.58. The van der Waals surface area contributed by atoms with Crippen LogP contribution in [0, 0.1) is 19.7 Å². The predicted molar refractivity (Wildman–Crippen MR) is 84.7 cm³/mol. The Kier molecular flexibility index (Phi) is 4.40. The Morgan fingerprint density at radius 3 is 2.24 bits per heavy atom. The summed E-state index contributed by atoms with van der Waals surface area (Å²) in [6.45, 7) is 3.68. The lowest BCUT2D eigenvalue weighted by Gasteiger charge is -2.11. The SMILES string of the molecule is Cc1cc(C)c(C(=O)Nc2cc(Cl)c(F)c(Cl)c2)cc1N. The highest BCUT2D eigenvalue weighted by molar-refractivity contribution is 6.35. The first-order chi connectivity index (χ1) is 9.79. The van der Waals surface area contributed by atoms with E-state index in [0.29, 0.717) is 16.9 Å². The van der Waals surface area contributed by atoms with Gasteiger partial charge in [-0.3, -0.25) is 4.79 Å². The molecule has 0 aliphatic rings. The van der Waals surface area contributed by atoms with Crippen LogP contribution in [0.1, 0.15) is 21.5 Å². The number of rotatable bonds is 2. The van der Waals surface area contributed by atoms with Crippen LogP contribution in [-0.2, 0) is 0 Å². The van der Waals surface area contributed by atoms with Gasteiger partial charge in [0, 0.05) is 16.9 Å². The van der Waals surface area contributed by atoms with Crippen LogP contribution >= 0.6 is 23.2 Å². The molecule has 3 nitrogen and oxygen atoms in total. The Bertz CT molecular complexity index is 709. The van der Waals surface area contributed by atoms with Gasteiger partial charge in [-0.1, -0.05) is 29.3 Å². The van der Waals surface area contributed by atoms with Gasteiger partial charge in [-0.25, -0.2) is 4.39 Å². The molecule has 0 atom stereocenters. The lowest BCUT2D eigenvalue weighted by molar-refractivity contribution is 0.102. The number of halogens is 3. The third kappa shape index (κ3) is 3.28. The van der Waals surface area contributed by atoms with Crippen LogP contribution in [0.4, 0.5) is 15.8 Å². The van der Waals surface area contributed by atoms with Gasteiger partial charge in [0.15, 0.2) is 5.82 Å². The summed E-state index contributed by atoms with van der Waals surface area (Å²) in [7, 11) is 0. The maximum absolute atomic E-state index is 13.3. The van der Waals surface area contributed by atoms with Crippen LogP contribution in [0.15, 0.2) is 24.3 Å². The molecular formula is C15H13Cl2FN2O. The largest absolute Gasteiger partial charge is 0.398 e. The van der Waals surface area contributed by atoms with Gasteiger partial charge in [-0.15, -0.1) is 0 Å². The van der Waals surface area contributed by atoms with Crippen LogP contribution in [0.5, 0.6) is 0 Å². The van der Waals surface area contributed by atoms with E-state index in [1.165, 1.54) is 12.1 Å². The fourth-order valence-electron chi connectivity index (χ4n) is 1.94. The minimum absolute atomic E-state index is 0.155. The molecule has 0 spiro atoms. The summed E-state index contributed by atoms with van der Waals surface area (Å²) in [5.74, 6) is -1.08. The summed E-state index contributed by atoms with van der Waals surface area (Å²) in [4.78, 5) is 12.3. The van der Waals surface area contributed by atoms with Crippen LogP contribution in [0.2, 0.25) is 10.0 Å². The van der Waals surface area contributed by atoms with Gasteiger partial charge in [-0.2, -0.15) is 0 Å². The van der Waals surface area contributed by atoms with Crippen molar-refractivity contribution in [3.63, 3.8) is 0 Å². The maximum Gasteiger partial charge on any atom is 0.256 e. The third-order valence-corrected chi connectivity index (χ3v) is 3.65. The van der Waals surface area contributed by atoms with Gasteiger partial charge in [0.05, 0.1) is 10.0 Å². The topological polar surface area (TPSA) is 55.1 Å². The smallest absolute Gasteiger partial charge is 0.256 e. The van der Waals surface area contributed by atoms with Gasteiger partial charge in [0.2, 0.25) is 0 Å². The monoisotopic (exact) mass is 326 g/mol. The Labute approximate surface area is 131 Å². The Morgan fingerprint density at radius 2 is 1.67 bits per heavy atom. The van der Waals surface area contributed by atoms with E-state index in [1.54, 1.807) is 6.07 Å². The zero-order valence-corrected chi connectivity index (χ0v) is 12.9. The fraction of sp³-hybridized carbons (Fsp3) is 0.133. The first-order valence-corrected chi connectivity index (χ1v) is 6.88. The highest BCUT2D eigenvalue weighted by atomic mass is 35.5. The van der Waals surface area contributed by atoms with Crippen LogP contribution < -0.4 is 11.1 Å². The van der Waals surface area contributed by atoms with E-state index in [-0.39, 0.29) is 16.0 Å². The Hall–Kier alpha value is -1.78. The second-order valence-corrected chi connectivity index (χ2v) is 5.55. The zero-order valence-electron chi connectivity index (χ0n) is 11.4. The van der Waals surface area contributed by atoms with Crippen molar-refractivity contribution in [2.24, 2.45) is 0 Å². The van der Waals surface area contributed by atoms with Crippen LogP contribution in [0.3, 0.4) is 0 Å². The normalized spacial score (nSPS) is 10.5. The van der Waals surface area contributed by atoms with E-state index in [9.17, 15) is 9.18 Å². The van der Waals surface area contributed by atoms with E-state index in [0.717, 1.165) is 11.1 Å². The number of nitrogens with two attached hydrogens (primary N) is 1. The van der Waals surface area contributed by atoms with Gasteiger partial charge >= 0.3 is 0 Å². The average molecular weight is 327 g/mol. The van der Waals surface area contributed by atoms with E-state index in [1.807, 2.05) is 19.9 Å². The molecule has 2 rings (SSSR count). The highest BCUT2D eigenvalue weighted by Crippen LogP contribution is 2.28. The van der Waals surface area contributed by atoms with Crippen molar-refractivity contribution in [2.75, 3.05) is 11.1 Å². The van der Waals surface area contributed by atoms with Crippen molar-refractivity contribution in [3.05, 3.63) is 56.8 Å². The molecule has 3 N–H and O–H groups in total. The molecule has 2 aromatic rings. The third-order valence-electron chi connectivity index (χ3n) is 3.10. The van der Waals surface area contributed by atoms with Crippen molar-refractivity contribution in [1.82, 2.24) is 0 Å². The highest BCUT2D eigenvalue weighted by Gasteiger charge is 2.13. The number of carbonyl (C=O) groups excluding carboxylic acids is 1. The minimum Gasteiger partial charge on any atom is -0.398 e. The molecule has 21 heavy (non-hydrogen) atoms. The molecule has 0 aliphatic heterocycles. The number of benzene rings is 2. The lowest BCUT2D eigenvalue weighted by atomic mass is 10.0. The van der Waals surface area contributed by atoms with Crippen molar-refractivity contribution >= 4 is 40.5 Å². The van der Waals surface area contributed by atoms with Crippen molar-refractivity contribution < 1.29 is 9.18 Å². The lowest BCUT2D eigenvalue weighted by Crippen LogP contribution is -2.14. The molecule has 0 saturated heterocycles. The number of anilines is 2. The molecular weight excluding hydrogens is 314 g/mol. The van der Waals surface area contributed by atoms with Crippen LogP contribution in [0.25, 0.3) is 0 Å². The number of hydrogen-bond donors (Lipinski definition) is 2. The molecule has 0 radical (unpaired) electrons. The van der Waals surface area contributed by atoms with Gasteiger partial charge < -0.3 is 11.1 Å². The summed E-state index contributed by atoms with van der Waals surface area (Å²) in [5.41, 5.74) is 8.79. The first kappa shape index (κ1) is 15.6. The van der Waals surface area contributed by atoms with Gasteiger partial charge in [0.25, 0.3) is 5.91 Å². The number of nitrogen functional groups attached to an aromatic ring is 1. The number of amides is 1. The molecule has 110 valence electrons. The summed E-state index contributed by atoms with van der Waals surface area (Å²) in [5, 5.41) is 2.32. The molecule has 2 aromatic carbocycles. The van der Waals surface area contributed by atoms with E-state index in [4.69, 9.17) is 28.9 Å². The molecule has 0 aliphatic carbocycles. The fourth-order valence-corrected chi connectivity index (χ4v) is 2.43. The second kappa shape index (κ2) is 5.92. The Balaban J connectivity index is 2.32. The van der Waals surface area contributed by atoms with E-state index in [2.05, 4.69) is 5.32 Å². The molecule has 0 unspecified atom stereocenters. The summed E-state index contributed by atoms with van der Waals surface area (Å²) in [6.07, 6.45) is 0. The van der Waals surface area contributed by atoms with Crippen molar-refractivity contribution in [1.29, 1.82) is 0 Å². The zero-order chi connectivity index (χ0) is 15.7. The van der Waals surface area contributed by atoms with E-state index < -0.39 is 5.82 Å². The molecule has 0 aromatic heterocycles. The summed E-state index contributed by atoms with van der Waals surface area (Å²) in [6, 6.07) is 6.03. The Morgan fingerprint density at radius 1 is 1.10 bits per heavy atom. The molecule has 0 heterocycles. The number of hydrogen-bond acceptors (Lipinski definition) is 2. The summed E-state index contributed by atoms with van der Waals surface area (Å²) >= 11 is 11.4. The maximum atomic E-state index is 13.3. The van der Waals surface area contributed by atoms with Crippen LogP contribution in [-0.4, -0.2) is 5.91 Å². The van der Waals surface area contributed by atoms with Crippen molar-refractivity contribution in [3.8, 4) is 0 Å². The first-order valence-electron chi connectivity index (χ1n) is 6.12. The second-order valence-electron chi connectivity index (χ2n) is 4.73. The quantitative estimate of drug-likeness (QED) is 0.626. The number of nitrogens with one attached hydrogen (secondary N) is 1. The number of aryl methyl sites for hydroxylation is 2.